The third-order valence-corrected chi connectivity index (χ3v) is 8.51. The Kier molecular flexibility index (Phi) is 6.89. The molecule has 10 nitrogen and oxygen atoms in total. The number of carbonyl (C=O) groups excluding carboxylic acids is 4. The molecule has 1 N–H and O–H groups in total. The summed E-state index contributed by atoms with van der Waals surface area (Å²) in [5, 5.41) is 12.0. The Bertz CT molecular complexity index is 1130. The van der Waals surface area contributed by atoms with E-state index in [1.165, 1.54) is 20.8 Å². The van der Waals surface area contributed by atoms with Crippen LogP contribution in [0.3, 0.4) is 0 Å². The molecular formula is C28H36O10. The van der Waals surface area contributed by atoms with E-state index in [0.717, 1.165) is 0 Å². The molecular weight excluding hydrogens is 496 g/mol. The van der Waals surface area contributed by atoms with Gasteiger partial charge in [-0.05, 0) is 52.7 Å². The standard InChI is InChI=1S/C28H36O10/c1-15(29)34-21-20-22(35-16(2)30)28(38-25(20,4)5)26(6,33)14-13-19(27(28,7)23(21)36-17(3)31)37-24(32)18-11-9-8-10-12-18/h8-12,19-23,33H,13-14H2,1-7H3/t19-,20+,21-,22+,23+,26-,27-,28-/m0/s1. The van der Waals surface area contributed by atoms with Gasteiger partial charge < -0.3 is 28.8 Å². The first-order valence-corrected chi connectivity index (χ1v) is 12.8. The summed E-state index contributed by atoms with van der Waals surface area (Å²) in [5.41, 5.74) is -5.65. The van der Waals surface area contributed by atoms with Gasteiger partial charge in [-0.3, -0.25) is 14.4 Å². The first-order chi connectivity index (χ1) is 17.6. The number of hydrogen-bond acceptors (Lipinski definition) is 10. The van der Waals surface area contributed by atoms with Gasteiger partial charge in [0.15, 0.2) is 6.10 Å². The minimum Gasteiger partial charge on any atom is -0.459 e. The van der Waals surface area contributed by atoms with Gasteiger partial charge in [-0.1, -0.05) is 18.2 Å². The zero-order valence-electron chi connectivity index (χ0n) is 22.8. The molecule has 4 rings (SSSR count). The highest BCUT2D eigenvalue weighted by Gasteiger charge is 2.85. The Morgan fingerprint density at radius 2 is 1.39 bits per heavy atom. The zero-order chi connectivity index (χ0) is 28.3. The number of rotatable bonds is 5. The predicted octanol–water partition coefficient (Wildman–Crippen LogP) is 2.74. The highest BCUT2D eigenvalue weighted by Crippen LogP contribution is 2.69. The minimum atomic E-state index is -1.70. The van der Waals surface area contributed by atoms with E-state index in [-0.39, 0.29) is 12.8 Å². The van der Waals surface area contributed by atoms with Crippen LogP contribution >= 0.6 is 0 Å². The lowest BCUT2D eigenvalue weighted by molar-refractivity contribution is -0.336. The Labute approximate surface area is 221 Å². The van der Waals surface area contributed by atoms with Crippen molar-refractivity contribution >= 4 is 23.9 Å². The van der Waals surface area contributed by atoms with Crippen LogP contribution in [-0.4, -0.2) is 70.2 Å². The number of esters is 4. The summed E-state index contributed by atoms with van der Waals surface area (Å²) in [6.07, 6.45) is -4.14. The van der Waals surface area contributed by atoms with Crippen molar-refractivity contribution in [3.8, 4) is 0 Å². The van der Waals surface area contributed by atoms with Crippen LogP contribution in [0.5, 0.6) is 0 Å². The first kappa shape index (κ1) is 28.0. The molecule has 2 aliphatic carbocycles. The molecule has 8 atom stereocenters. The molecule has 0 radical (unpaired) electrons. The lowest BCUT2D eigenvalue weighted by Crippen LogP contribution is -2.81. The van der Waals surface area contributed by atoms with Crippen LogP contribution in [0.2, 0.25) is 0 Å². The van der Waals surface area contributed by atoms with E-state index in [2.05, 4.69) is 0 Å². The van der Waals surface area contributed by atoms with E-state index >= 15 is 0 Å². The summed E-state index contributed by atoms with van der Waals surface area (Å²) in [4.78, 5) is 50.5. The van der Waals surface area contributed by atoms with Gasteiger partial charge in [0.05, 0.1) is 28.1 Å². The maximum atomic E-state index is 13.3. The van der Waals surface area contributed by atoms with Crippen molar-refractivity contribution in [1.82, 2.24) is 0 Å². The largest absolute Gasteiger partial charge is 0.459 e. The topological polar surface area (TPSA) is 135 Å². The van der Waals surface area contributed by atoms with Crippen LogP contribution in [-0.2, 0) is 38.1 Å². The molecule has 1 aromatic carbocycles. The number of ether oxygens (including phenoxy) is 5. The summed E-state index contributed by atoms with van der Waals surface area (Å²) in [7, 11) is 0. The van der Waals surface area contributed by atoms with E-state index in [1.807, 2.05) is 0 Å². The molecule has 1 aliphatic heterocycles. The lowest BCUT2D eigenvalue weighted by atomic mass is 9.47. The van der Waals surface area contributed by atoms with Gasteiger partial charge in [0.2, 0.25) is 0 Å². The summed E-state index contributed by atoms with van der Waals surface area (Å²) < 4.78 is 30.4. The zero-order valence-corrected chi connectivity index (χ0v) is 22.8. The highest BCUT2D eigenvalue weighted by atomic mass is 16.6. The van der Waals surface area contributed by atoms with E-state index in [4.69, 9.17) is 23.7 Å². The van der Waals surface area contributed by atoms with Crippen molar-refractivity contribution in [2.24, 2.45) is 11.3 Å². The summed E-state index contributed by atoms with van der Waals surface area (Å²) in [6, 6.07) is 8.39. The lowest BCUT2D eigenvalue weighted by Gasteiger charge is -2.65. The average Bonchev–Trinajstić information content (AvgIpc) is 3.01. The number of hydrogen-bond donors (Lipinski definition) is 1. The summed E-state index contributed by atoms with van der Waals surface area (Å²) in [5.74, 6) is -3.38. The average molecular weight is 533 g/mol. The molecule has 0 amide bonds. The third-order valence-electron chi connectivity index (χ3n) is 8.51. The van der Waals surface area contributed by atoms with Gasteiger partial charge in [-0.25, -0.2) is 4.79 Å². The second kappa shape index (κ2) is 9.34. The Morgan fingerprint density at radius 3 is 1.95 bits per heavy atom. The molecule has 38 heavy (non-hydrogen) atoms. The Balaban J connectivity index is 1.97. The number of fused-ring (bicyclic) bond motifs is 1. The van der Waals surface area contributed by atoms with Crippen LogP contribution in [0.15, 0.2) is 30.3 Å². The quantitative estimate of drug-likeness (QED) is 0.445. The maximum absolute atomic E-state index is 13.3. The van der Waals surface area contributed by atoms with E-state index < -0.39 is 76.4 Å². The molecule has 2 bridgehead atoms. The van der Waals surface area contributed by atoms with Crippen LogP contribution in [0.1, 0.15) is 71.7 Å². The van der Waals surface area contributed by atoms with E-state index in [1.54, 1.807) is 58.0 Å². The number of aliphatic hydroxyl groups is 1. The van der Waals surface area contributed by atoms with Gasteiger partial charge >= 0.3 is 23.9 Å². The fourth-order valence-corrected chi connectivity index (χ4v) is 7.18. The Morgan fingerprint density at radius 1 is 0.842 bits per heavy atom. The van der Waals surface area contributed by atoms with E-state index in [9.17, 15) is 24.3 Å². The molecule has 1 heterocycles. The van der Waals surface area contributed by atoms with Crippen molar-refractivity contribution in [1.29, 1.82) is 0 Å². The van der Waals surface area contributed by atoms with Gasteiger partial charge in [0.25, 0.3) is 0 Å². The molecule has 3 fully saturated rings. The fraction of sp³-hybridized carbons (Fsp3) is 0.643. The molecule has 3 aliphatic rings. The summed E-state index contributed by atoms with van der Waals surface area (Å²) >= 11 is 0. The highest BCUT2D eigenvalue weighted by molar-refractivity contribution is 5.89. The predicted molar refractivity (Wildman–Crippen MR) is 132 cm³/mol. The van der Waals surface area contributed by atoms with Crippen molar-refractivity contribution in [3.05, 3.63) is 35.9 Å². The van der Waals surface area contributed by atoms with Crippen molar-refractivity contribution in [3.63, 3.8) is 0 Å². The summed E-state index contributed by atoms with van der Waals surface area (Å²) in [6.45, 7) is 10.4. The second-order valence-electron chi connectivity index (χ2n) is 11.5. The molecule has 1 saturated heterocycles. The van der Waals surface area contributed by atoms with Crippen molar-refractivity contribution in [2.45, 2.75) is 103 Å². The molecule has 208 valence electrons. The SMILES string of the molecule is CC(=O)O[C@H]1[C@@H]2[C@@H](OC(C)=O)[C@@]3(OC2(C)C)[C@@](C)([C@@H](OC(=O)c2ccccc2)CC[C@]3(C)O)[C@@H]1OC(C)=O. The fourth-order valence-electron chi connectivity index (χ4n) is 7.18. The Hall–Kier alpha value is -2.98. The van der Waals surface area contributed by atoms with Crippen molar-refractivity contribution in [2.75, 3.05) is 0 Å². The normalized spacial score (nSPS) is 38.9. The van der Waals surface area contributed by atoms with Crippen molar-refractivity contribution < 1.29 is 48.0 Å². The van der Waals surface area contributed by atoms with Gasteiger partial charge in [-0.2, -0.15) is 0 Å². The molecule has 0 aromatic heterocycles. The maximum Gasteiger partial charge on any atom is 0.338 e. The number of benzene rings is 1. The van der Waals surface area contributed by atoms with Gasteiger partial charge in [-0.15, -0.1) is 0 Å². The minimum absolute atomic E-state index is 0.126. The van der Waals surface area contributed by atoms with Crippen LogP contribution in [0, 0.1) is 11.3 Å². The van der Waals surface area contributed by atoms with Gasteiger partial charge in [0, 0.05) is 20.8 Å². The monoisotopic (exact) mass is 532 g/mol. The van der Waals surface area contributed by atoms with Crippen LogP contribution in [0.4, 0.5) is 0 Å². The molecule has 0 unspecified atom stereocenters. The van der Waals surface area contributed by atoms with Crippen LogP contribution < -0.4 is 0 Å². The molecule has 1 spiro atoms. The molecule has 10 heteroatoms. The molecule has 1 aromatic rings. The second-order valence-corrected chi connectivity index (χ2v) is 11.5. The van der Waals surface area contributed by atoms with Gasteiger partial charge in [0.1, 0.15) is 23.9 Å². The van der Waals surface area contributed by atoms with E-state index in [0.29, 0.717) is 5.56 Å². The third kappa shape index (κ3) is 4.09. The number of carbonyl (C=O) groups is 4. The molecule has 2 saturated carbocycles. The smallest absolute Gasteiger partial charge is 0.338 e. The first-order valence-electron chi connectivity index (χ1n) is 12.8. The van der Waals surface area contributed by atoms with Crippen LogP contribution in [0.25, 0.3) is 0 Å².